The van der Waals surface area contributed by atoms with Gasteiger partial charge in [0.05, 0.1) is 26.4 Å². The number of hydrogen-bond acceptors (Lipinski definition) is 15. The zero-order valence-corrected chi connectivity index (χ0v) is 66.0. The van der Waals surface area contributed by atoms with E-state index >= 15 is 0 Å². The van der Waals surface area contributed by atoms with Gasteiger partial charge in [0, 0.05) is 25.7 Å². The molecule has 582 valence electrons. The Labute approximate surface area is 600 Å². The predicted molar refractivity (Wildman–Crippen MR) is 400 cm³/mol. The highest BCUT2D eigenvalue weighted by Crippen LogP contribution is 2.45. The van der Waals surface area contributed by atoms with Crippen molar-refractivity contribution >= 4 is 39.5 Å². The molecule has 0 amide bonds. The molecular formula is C79H154O17P2. The highest BCUT2D eigenvalue weighted by atomic mass is 31.2. The van der Waals surface area contributed by atoms with E-state index < -0.39 is 97.5 Å². The quantitative estimate of drug-likeness (QED) is 0.0222. The van der Waals surface area contributed by atoms with Gasteiger partial charge in [0.2, 0.25) is 0 Å². The van der Waals surface area contributed by atoms with Gasteiger partial charge >= 0.3 is 39.5 Å². The molecular weight excluding hydrogens is 1280 g/mol. The number of esters is 4. The van der Waals surface area contributed by atoms with E-state index in [1.165, 1.54) is 218 Å². The number of rotatable bonds is 77. The predicted octanol–water partition coefficient (Wildman–Crippen LogP) is 23.4. The van der Waals surface area contributed by atoms with E-state index in [2.05, 4.69) is 48.5 Å². The minimum atomic E-state index is -4.96. The summed E-state index contributed by atoms with van der Waals surface area (Å²) in [4.78, 5) is 73.0. The average molecular weight is 1440 g/mol. The van der Waals surface area contributed by atoms with Crippen LogP contribution in [0.3, 0.4) is 0 Å². The van der Waals surface area contributed by atoms with Crippen LogP contribution >= 0.6 is 15.6 Å². The average Bonchev–Trinajstić information content (AvgIpc) is 0.975. The Morgan fingerprint density at radius 2 is 0.469 bits per heavy atom. The molecule has 5 atom stereocenters. The summed E-state index contributed by atoms with van der Waals surface area (Å²) in [6.45, 7) is 11.9. The van der Waals surface area contributed by atoms with Crippen molar-refractivity contribution in [1.29, 1.82) is 0 Å². The smallest absolute Gasteiger partial charge is 0.462 e. The molecule has 0 aliphatic carbocycles. The first kappa shape index (κ1) is 96.1. The molecule has 2 unspecified atom stereocenters. The zero-order chi connectivity index (χ0) is 72.3. The van der Waals surface area contributed by atoms with Crippen molar-refractivity contribution in [1.82, 2.24) is 0 Å². The van der Waals surface area contributed by atoms with Gasteiger partial charge in [-0.05, 0) is 43.4 Å². The van der Waals surface area contributed by atoms with Crippen molar-refractivity contribution in [2.45, 2.75) is 426 Å². The van der Waals surface area contributed by atoms with E-state index in [1.807, 2.05) is 0 Å². The summed E-state index contributed by atoms with van der Waals surface area (Å²) in [6, 6.07) is 0. The first-order chi connectivity index (χ1) is 47.2. The summed E-state index contributed by atoms with van der Waals surface area (Å²) in [5.41, 5.74) is 0. The highest BCUT2D eigenvalue weighted by molar-refractivity contribution is 7.47. The molecule has 0 bridgehead atoms. The largest absolute Gasteiger partial charge is 0.472 e. The van der Waals surface area contributed by atoms with Crippen LogP contribution in [0.2, 0.25) is 0 Å². The number of ether oxygens (including phenoxy) is 4. The Morgan fingerprint density at radius 3 is 0.694 bits per heavy atom. The Morgan fingerprint density at radius 1 is 0.276 bits per heavy atom. The zero-order valence-electron chi connectivity index (χ0n) is 64.3. The lowest BCUT2D eigenvalue weighted by molar-refractivity contribution is -0.161. The van der Waals surface area contributed by atoms with Crippen LogP contribution < -0.4 is 0 Å². The van der Waals surface area contributed by atoms with Crippen molar-refractivity contribution in [2.24, 2.45) is 17.8 Å². The van der Waals surface area contributed by atoms with Crippen LogP contribution in [-0.2, 0) is 65.4 Å². The van der Waals surface area contributed by atoms with Crippen molar-refractivity contribution in [2.75, 3.05) is 39.6 Å². The van der Waals surface area contributed by atoms with E-state index in [9.17, 15) is 43.2 Å². The second-order valence-corrected chi connectivity index (χ2v) is 32.8. The molecule has 98 heavy (non-hydrogen) atoms. The van der Waals surface area contributed by atoms with E-state index in [1.54, 1.807) is 0 Å². The van der Waals surface area contributed by atoms with Gasteiger partial charge < -0.3 is 33.8 Å². The summed E-state index contributed by atoms with van der Waals surface area (Å²) in [7, 11) is -9.92. The third kappa shape index (κ3) is 72.4. The fraction of sp³-hybridized carbons (Fsp3) is 0.949. The number of carbonyl (C=O) groups is 4. The van der Waals surface area contributed by atoms with Gasteiger partial charge in [0.15, 0.2) is 12.2 Å². The van der Waals surface area contributed by atoms with Gasteiger partial charge in [-0.15, -0.1) is 0 Å². The van der Waals surface area contributed by atoms with E-state index in [0.29, 0.717) is 25.7 Å². The molecule has 0 heterocycles. The molecule has 17 nitrogen and oxygen atoms in total. The summed E-state index contributed by atoms with van der Waals surface area (Å²) < 4.78 is 68.7. The summed E-state index contributed by atoms with van der Waals surface area (Å²) in [6.07, 6.45) is 56.8. The lowest BCUT2D eigenvalue weighted by Crippen LogP contribution is -2.30. The second kappa shape index (κ2) is 69.4. The highest BCUT2D eigenvalue weighted by Gasteiger charge is 2.30. The van der Waals surface area contributed by atoms with Crippen LogP contribution in [0.5, 0.6) is 0 Å². The minimum absolute atomic E-state index is 0.106. The van der Waals surface area contributed by atoms with Gasteiger partial charge in [-0.25, -0.2) is 9.13 Å². The van der Waals surface area contributed by atoms with Gasteiger partial charge in [0.1, 0.15) is 19.3 Å². The van der Waals surface area contributed by atoms with Gasteiger partial charge in [0.25, 0.3) is 0 Å². The Balaban J connectivity index is 5.26. The molecule has 0 saturated heterocycles. The molecule has 0 aromatic rings. The minimum Gasteiger partial charge on any atom is -0.462 e. The third-order valence-electron chi connectivity index (χ3n) is 18.4. The Bertz CT molecular complexity index is 1900. The summed E-state index contributed by atoms with van der Waals surface area (Å²) in [5.74, 6) is 0.177. The number of carbonyl (C=O) groups excluding carboxylic acids is 4. The molecule has 0 radical (unpaired) electrons. The van der Waals surface area contributed by atoms with Gasteiger partial charge in [-0.3, -0.25) is 37.3 Å². The van der Waals surface area contributed by atoms with Crippen LogP contribution in [-0.4, -0.2) is 96.7 Å². The maximum atomic E-state index is 13.1. The normalized spacial score (nSPS) is 14.0. The SMILES string of the molecule is CCCCCCCCCCCCCCCCCCC(=O)OC[C@H](COP(=O)(O)OC[C@@H](O)COP(=O)(O)OC[C@@H](COC(=O)CCCCCCCCCCC(C)C)OC(=O)CCCCCCCCCCCCCCC(C)C)OC(=O)CCCCCCCCCCCCCCCC(C)C. The van der Waals surface area contributed by atoms with Crippen molar-refractivity contribution < 1.29 is 80.2 Å². The van der Waals surface area contributed by atoms with Crippen LogP contribution in [0.25, 0.3) is 0 Å². The number of phosphoric ester groups is 2. The van der Waals surface area contributed by atoms with Crippen LogP contribution in [0.1, 0.15) is 408 Å². The Hall–Kier alpha value is -1.94. The maximum Gasteiger partial charge on any atom is 0.472 e. The number of phosphoric acid groups is 2. The number of hydrogen-bond donors (Lipinski definition) is 3. The second-order valence-electron chi connectivity index (χ2n) is 29.9. The molecule has 0 saturated carbocycles. The standard InChI is InChI=1S/C79H154O17P2/c1-8-9-10-11-12-13-14-15-16-17-20-26-31-39-46-53-60-76(81)89-66-74(95-78(83)62-55-48-41-32-27-21-18-19-24-29-36-43-50-57-70(2)3)68-93-97(85,86)91-64-73(80)65-92-98(87,88)94-69-75(67-90-77(82)61-54-47-40-35-34-38-45-52-59-72(6)7)96-79(84)63-56-49-42-33-28-23-22-25-30-37-44-51-58-71(4)5/h70-75,80H,8-69H2,1-7H3,(H,85,86)(H,87,88)/t73-,74-,75-/m1/s1. The third-order valence-corrected chi connectivity index (χ3v) is 20.3. The van der Waals surface area contributed by atoms with Crippen molar-refractivity contribution in [3.63, 3.8) is 0 Å². The Kier molecular flexibility index (Phi) is 68.1. The molecule has 0 rings (SSSR count). The summed E-state index contributed by atoms with van der Waals surface area (Å²) in [5, 5.41) is 10.6. The van der Waals surface area contributed by atoms with E-state index in [-0.39, 0.29) is 25.7 Å². The van der Waals surface area contributed by atoms with E-state index in [4.69, 9.17) is 37.0 Å². The van der Waals surface area contributed by atoms with Crippen LogP contribution in [0, 0.1) is 17.8 Å². The van der Waals surface area contributed by atoms with Gasteiger partial charge in [-0.2, -0.15) is 0 Å². The fourth-order valence-electron chi connectivity index (χ4n) is 12.1. The van der Waals surface area contributed by atoms with Gasteiger partial charge in [-0.1, -0.05) is 357 Å². The first-order valence-electron chi connectivity index (χ1n) is 40.8. The molecule has 0 spiro atoms. The number of aliphatic hydroxyl groups is 1. The molecule has 19 heteroatoms. The lowest BCUT2D eigenvalue weighted by Gasteiger charge is -2.21. The van der Waals surface area contributed by atoms with Crippen molar-refractivity contribution in [3.05, 3.63) is 0 Å². The summed E-state index contributed by atoms with van der Waals surface area (Å²) >= 11 is 0. The monoisotopic (exact) mass is 1440 g/mol. The topological polar surface area (TPSA) is 237 Å². The van der Waals surface area contributed by atoms with Crippen LogP contribution in [0.15, 0.2) is 0 Å². The molecule has 0 aliphatic heterocycles. The molecule has 0 fully saturated rings. The molecule has 0 aromatic carbocycles. The number of unbranched alkanes of at least 4 members (excludes halogenated alkanes) is 45. The first-order valence-corrected chi connectivity index (χ1v) is 43.8. The van der Waals surface area contributed by atoms with Crippen molar-refractivity contribution in [3.8, 4) is 0 Å². The fourth-order valence-corrected chi connectivity index (χ4v) is 13.7. The molecule has 0 aliphatic rings. The van der Waals surface area contributed by atoms with Crippen LogP contribution in [0.4, 0.5) is 0 Å². The van der Waals surface area contributed by atoms with E-state index in [0.717, 1.165) is 108 Å². The maximum absolute atomic E-state index is 13.1. The number of aliphatic hydroxyl groups excluding tert-OH is 1. The molecule has 0 aromatic heterocycles. The molecule has 3 N–H and O–H groups in total. The lowest BCUT2D eigenvalue weighted by atomic mass is 10.0.